The van der Waals surface area contributed by atoms with Crippen LogP contribution in [-0.2, 0) is 5.54 Å². The first-order valence-electron chi connectivity index (χ1n) is 8.62. The zero-order chi connectivity index (χ0) is 18.7. The first-order valence-corrected chi connectivity index (χ1v) is 9.41. The standard InChI is InChI=1S/C18H29BrN6/c1-17(2,3)12-18(4,5)25-16(22-23-24-25)15(21-10-9-20)13-7-6-8-14(19)11-13/h6-8,11,15,21H,9-10,12,20H2,1-5H3. The molecule has 0 saturated heterocycles. The van der Waals surface area contributed by atoms with E-state index < -0.39 is 0 Å². The van der Waals surface area contributed by atoms with E-state index in [2.05, 4.69) is 83.5 Å². The van der Waals surface area contributed by atoms with Crippen molar-refractivity contribution in [2.75, 3.05) is 13.1 Å². The average Bonchev–Trinajstić information content (AvgIpc) is 2.95. The Bertz CT molecular complexity index is 689. The Morgan fingerprint density at radius 2 is 1.96 bits per heavy atom. The summed E-state index contributed by atoms with van der Waals surface area (Å²) in [5.74, 6) is 0.806. The van der Waals surface area contributed by atoms with Crippen LogP contribution in [0.5, 0.6) is 0 Å². The first-order chi connectivity index (χ1) is 11.6. The molecule has 6 nitrogen and oxygen atoms in total. The number of nitrogens with zero attached hydrogens (tertiary/aromatic N) is 4. The van der Waals surface area contributed by atoms with Crippen LogP contribution in [-0.4, -0.2) is 33.3 Å². The van der Waals surface area contributed by atoms with E-state index in [4.69, 9.17) is 5.73 Å². The summed E-state index contributed by atoms with van der Waals surface area (Å²) in [6.07, 6.45) is 0.958. The molecule has 2 rings (SSSR count). The predicted molar refractivity (Wildman–Crippen MR) is 104 cm³/mol. The van der Waals surface area contributed by atoms with Crippen LogP contribution in [0.25, 0.3) is 0 Å². The Kier molecular flexibility index (Phi) is 6.35. The van der Waals surface area contributed by atoms with E-state index >= 15 is 0 Å². The minimum atomic E-state index is -0.203. The molecule has 138 valence electrons. The molecule has 1 aromatic heterocycles. The van der Waals surface area contributed by atoms with Gasteiger partial charge in [-0.15, -0.1) is 5.10 Å². The summed E-state index contributed by atoms with van der Waals surface area (Å²) >= 11 is 3.55. The Labute approximate surface area is 158 Å². The van der Waals surface area contributed by atoms with E-state index in [0.717, 1.165) is 22.3 Å². The molecule has 7 heteroatoms. The molecule has 0 spiro atoms. The molecule has 25 heavy (non-hydrogen) atoms. The molecule has 2 aromatic rings. The maximum absolute atomic E-state index is 5.72. The number of nitrogens with one attached hydrogen (secondary N) is 1. The van der Waals surface area contributed by atoms with Crippen LogP contribution in [0.15, 0.2) is 28.7 Å². The zero-order valence-corrected chi connectivity index (χ0v) is 17.3. The van der Waals surface area contributed by atoms with E-state index in [1.165, 1.54) is 0 Å². The fourth-order valence-corrected chi connectivity index (χ4v) is 3.87. The molecular formula is C18H29BrN6. The van der Waals surface area contributed by atoms with Crippen molar-refractivity contribution in [3.8, 4) is 0 Å². The Hall–Kier alpha value is -1.31. The molecule has 0 radical (unpaired) electrons. The minimum Gasteiger partial charge on any atom is -0.329 e. The van der Waals surface area contributed by atoms with Crippen molar-refractivity contribution < 1.29 is 0 Å². The SMILES string of the molecule is CC(C)(C)CC(C)(C)n1nnnc1C(NCCN)c1cccc(Br)c1. The second-order valence-electron chi connectivity index (χ2n) is 8.23. The van der Waals surface area contributed by atoms with Crippen molar-refractivity contribution in [3.63, 3.8) is 0 Å². The second-order valence-corrected chi connectivity index (χ2v) is 9.15. The third kappa shape index (κ3) is 5.33. The molecule has 1 heterocycles. The quantitative estimate of drug-likeness (QED) is 0.734. The fourth-order valence-electron chi connectivity index (χ4n) is 3.45. The molecule has 1 aromatic carbocycles. The van der Waals surface area contributed by atoms with Gasteiger partial charge in [-0.3, -0.25) is 0 Å². The second kappa shape index (κ2) is 7.93. The number of tetrazole rings is 1. The van der Waals surface area contributed by atoms with E-state index in [0.29, 0.717) is 13.1 Å². The van der Waals surface area contributed by atoms with E-state index in [1.54, 1.807) is 0 Å². The highest BCUT2D eigenvalue weighted by Crippen LogP contribution is 2.34. The van der Waals surface area contributed by atoms with E-state index in [-0.39, 0.29) is 17.0 Å². The zero-order valence-electron chi connectivity index (χ0n) is 15.8. The van der Waals surface area contributed by atoms with Crippen LogP contribution in [0.4, 0.5) is 0 Å². The Morgan fingerprint density at radius 3 is 2.56 bits per heavy atom. The highest BCUT2D eigenvalue weighted by molar-refractivity contribution is 9.10. The number of hydrogen-bond donors (Lipinski definition) is 2. The predicted octanol–water partition coefficient (Wildman–Crippen LogP) is 3.24. The number of halogens is 1. The number of nitrogens with two attached hydrogens (primary N) is 1. The van der Waals surface area contributed by atoms with Gasteiger partial charge < -0.3 is 11.1 Å². The number of rotatable bonds is 7. The van der Waals surface area contributed by atoms with Crippen molar-refractivity contribution in [1.82, 2.24) is 25.5 Å². The van der Waals surface area contributed by atoms with Gasteiger partial charge in [0.1, 0.15) is 0 Å². The van der Waals surface area contributed by atoms with Gasteiger partial charge in [0, 0.05) is 17.6 Å². The van der Waals surface area contributed by atoms with E-state index in [1.807, 2.05) is 16.8 Å². The minimum absolute atomic E-state index is 0.115. The first kappa shape index (κ1) is 20.0. The van der Waals surface area contributed by atoms with Crippen LogP contribution in [0, 0.1) is 5.41 Å². The average molecular weight is 409 g/mol. The maximum Gasteiger partial charge on any atom is 0.173 e. The van der Waals surface area contributed by atoms with Crippen LogP contribution >= 0.6 is 15.9 Å². The maximum atomic E-state index is 5.72. The normalized spacial score (nSPS) is 13.9. The molecule has 0 saturated carbocycles. The lowest BCUT2D eigenvalue weighted by Gasteiger charge is -2.34. The summed E-state index contributed by atoms with van der Waals surface area (Å²) in [5, 5.41) is 16.1. The van der Waals surface area contributed by atoms with E-state index in [9.17, 15) is 0 Å². The largest absolute Gasteiger partial charge is 0.329 e. The lowest BCUT2D eigenvalue weighted by molar-refractivity contribution is 0.188. The Balaban J connectivity index is 2.44. The van der Waals surface area contributed by atoms with Crippen LogP contribution in [0.3, 0.4) is 0 Å². The van der Waals surface area contributed by atoms with Crippen molar-refractivity contribution in [2.24, 2.45) is 11.1 Å². The number of hydrogen-bond acceptors (Lipinski definition) is 5. The smallest absolute Gasteiger partial charge is 0.173 e. The Morgan fingerprint density at radius 1 is 1.24 bits per heavy atom. The summed E-state index contributed by atoms with van der Waals surface area (Å²) < 4.78 is 2.98. The highest BCUT2D eigenvalue weighted by atomic mass is 79.9. The van der Waals surface area contributed by atoms with Crippen molar-refractivity contribution in [2.45, 2.75) is 52.6 Å². The molecule has 0 amide bonds. The molecule has 0 bridgehead atoms. The molecule has 0 aliphatic carbocycles. The van der Waals surface area contributed by atoms with Gasteiger partial charge in [0.25, 0.3) is 0 Å². The third-order valence-electron chi connectivity index (χ3n) is 3.96. The molecular weight excluding hydrogens is 380 g/mol. The summed E-state index contributed by atoms with van der Waals surface area (Å²) in [5.41, 5.74) is 6.78. The van der Waals surface area contributed by atoms with Gasteiger partial charge in [0.15, 0.2) is 5.82 Å². The van der Waals surface area contributed by atoms with Crippen LogP contribution < -0.4 is 11.1 Å². The van der Waals surface area contributed by atoms with Crippen molar-refractivity contribution in [3.05, 3.63) is 40.1 Å². The van der Waals surface area contributed by atoms with Gasteiger partial charge in [0.05, 0.1) is 11.6 Å². The van der Waals surface area contributed by atoms with Crippen molar-refractivity contribution >= 4 is 15.9 Å². The van der Waals surface area contributed by atoms with Crippen molar-refractivity contribution in [1.29, 1.82) is 0 Å². The van der Waals surface area contributed by atoms with Gasteiger partial charge in [-0.2, -0.15) is 0 Å². The molecule has 1 unspecified atom stereocenters. The van der Waals surface area contributed by atoms with Crippen LogP contribution in [0.1, 0.15) is 58.5 Å². The highest BCUT2D eigenvalue weighted by Gasteiger charge is 2.33. The monoisotopic (exact) mass is 408 g/mol. The lowest BCUT2D eigenvalue weighted by Crippen LogP contribution is -2.37. The van der Waals surface area contributed by atoms with Gasteiger partial charge in [0.2, 0.25) is 0 Å². The molecule has 0 aliphatic heterocycles. The summed E-state index contributed by atoms with van der Waals surface area (Å²) in [4.78, 5) is 0. The topological polar surface area (TPSA) is 81.7 Å². The summed E-state index contributed by atoms with van der Waals surface area (Å²) in [6.45, 7) is 12.3. The lowest BCUT2D eigenvalue weighted by atomic mass is 9.81. The molecule has 3 N–H and O–H groups in total. The van der Waals surface area contributed by atoms with Gasteiger partial charge >= 0.3 is 0 Å². The van der Waals surface area contributed by atoms with Gasteiger partial charge in [-0.25, -0.2) is 4.68 Å². The van der Waals surface area contributed by atoms with Gasteiger partial charge in [-0.1, -0.05) is 48.8 Å². The molecule has 1 atom stereocenters. The number of aromatic nitrogens is 4. The third-order valence-corrected chi connectivity index (χ3v) is 4.46. The fraction of sp³-hybridized carbons (Fsp3) is 0.611. The molecule has 0 aliphatic rings. The summed E-state index contributed by atoms with van der Waals surface area (Å²) in [6, 6.07) is 8.08. The number of benzene rings is 1. The van der Waals surface area contributed by atoms with Crippen LogP contribution in [0.2, 0.25) is 0 Å². The summed E-state index contributed by atoms with van der Waals surface area (Å²) in [7, 11) is 0. The van der Waals surface area contributed by atoms with Gasteiger partial charge in [-0.05, 0) is 53.8 Å². The molecule has 0 fully saturated rings.